The molecule has 0 aromatic heterocycles. The van der Waals surface area contributed by atoms with E-state index in [1.165, 1.54) is 0 Å². The van der Waals surface area contributed by atoms with Crippen molar-refractivity contribution in [2.75, 3.05) is 12.3 Å². The monoisotopic (exact) mass is 361 g/mol. The van der Waals surface area contributed by atoms with E-state index in [2.05, 4.69) is 5.32 Å². The zero-order valence-corrected chi connectivity index (χ0v) is 15.1. The van der Waals surface area contributed by atoms with Crippen molar-refractivity contribution in [2.45, 2.75) is 24.7 Å². The van der Waals surface area contributed by atoms with E-state index in [-0.39, 0.29) is 24.5 Å². The van der Waals surface area contributed by atoms with Crippen LogP contribution in [0.2, 0.25) is 5.02 Å². The van der Waals surface area contributed by atoms with Gasteiger partial charge in [0.05, 0.1) is 0 Å². The molecule has 2 aromatic carbocycles. The first-order valence-corrected chi connectivity index (χ1v) is 9.16. The summed E-state index contributed by atoms with van der Waals surface area (Å²) in [5.74, 6) is 0.687. The highest BCUT2D eigenvalue weighted by molar-refractivity contribution is 7.99. The summed E-state index contributed by atoms with van der Waals surface area (Å²) in [5.41, 5.74) is 1.77. The number of nitrogens with one attached hydrogen (secondary N) is 1. The lowest BCUT2D eigenvalue weighted by molar-refractivity contribution is -0.120. The number of benzene rings is 2. The second-order valence-electron chi connectivity index (χ2n) is 5.44. The van der Waals surface area contributed by atoms with Crippen molar-refractivity contribution in [2.24, 2.45) is 0 Å². The van der Waals surface area contributed by atoms with Crippen molar-refractivity contribution < 1.29 is 9.59 Å². The fraction of sp³-hybridized carbons (Fsp3) is 0.263. The van der Waals surface area contributed by atoms with Crippen LogP contribution in [0.25, 0.3) is 0 Å². The van der Waals surface area contributed by atoms with Crippen molar-refractivity contribution in [1.29, 1.82) is 0 Å². The third-order valence-corrected chi connectivity index (χ3v) is 4.72. The lowest BCUT2D eigenvalue weighted by Crippen LogP contribution is -2.26. The highest BCUT2D eigenvalue weighted by Crippen LogP contribution is 2.19. The molecule has 2 rings (SSSR count). The molecular weight excluding hydrogens is 342 g/mol. The molecule has 0 atom stereocenters. The fourth-order valence-corrected chi connectivity index (χ4v) is 2.98. The van der Waals surface area contributed by atoms with Gasteiger partial charge in [0.25, 0.3) is 0 Å². The number of hydrogen-bond donors (Lipinski definition) is 1. The Hall–Kier alpha value is -1.78. The standard InChI is InChI=1S/C19H20ClNO2S/c1-14-2-4-15(5-3-14)18(22)10-11-19(23)21-12-13-24-17-8-6-16(20)7-9-17/h2-9H,10-13H2,1H3,(H,21,23). The molecule has 126 valence electrons. The van der Waals surface area contributed by atoms with Crippen LogP contribution in [0, 0.1) is 6.92 Å². The Balaban J connectivity index is 1.63. The lowest BCUT2D eigenvalue weighted by Gasteiger charge is -2.05. The summed E-state index contributed by atoms with van der Waals surface area (Å²) in [4.78, 5) is 24.9. The molecule has 0 heterocycles. The lowest BCUT2D eigenvalue weighted by atomic mass is 10.1. The molecule has 0 saturated heterocycles. The Morgan fingerprint density at radius 1 is 1.00 bits per heavy atom. The summed E-state index contributed by atoms with van der Waals surface area (Å²) >= 11 is 7.49. The van der Waals surface area contributed by atoms with E-state index in [0.29, 0.717) is 17.1 Å². The highest BCUT2D eigenvalue weighted by atomic mass is 35.5. The van der Waals surface area contributed by atoms with E-state index in [1.807, 2.05) is 43.3 Å². The van der Waals surface area contributed by atoms with Gasteiger partial charge in [-0.1, -0.05) is 41.4 Å². The molecule has 0 unspecified atom stereocenters. The summed E-state index contributed by atoms with van der Waals surface area (Å²) in [6.07, 6.45) is 0.456. The van der Waals surface area contributed by atoms with Gasteiger partial charge in [0.2, 0.25) is 5.91 Å². The summed E-state index contributed by atoms with van der Waals surface area (Å²) in [7, 11) is 0. The van der Waals surface area contributed by atoms with Crippen LogP contribution in [0.4, 0.5) is 0 Å². The molecule has 2 aromatic rings. The minimum absolute atomic E-state index is 0.000638. The number of thioether (sulfide) groups is 1. The number of amides is 1. The normalized spacial score (nSPS) is 10.4. The molecule has 0 aliphatic heterocycles. The Morgan fingerprint density at radius 2 is 1.67 bits per heavy atom. The van der Waals surface area contributed by atoms with Gasteiger partial charge in [-0.05, 0) is 31.2 Å². The van der Waals surface area contributed by atoms with E-state index in [9.17, 15) is 9.59 Å². The van der Waals surface area contributed by atoms with E-state index in [1.54, 1.807) is 23.9 Å². The molecule has 0 fully saturated rings. The number of ketones is 1. The number of carbonyl (C=O) groups excluding carboxylic acids is 2. The maximum atomic E-state index is 12.0. The number of halogens is 1. The average Bonchev–Trinajstić information content (AvgIpc) is 2.59. The van der Waals surface area contributed by atoms with Crippen LogP contribution in [-0.4, -0.2) is 24.0 Å². The van der Waals surface area contributed by atoms with E-state index in [4.69, 9.17) is 11.6 Å². The molecule has 24 heavy (non-hydrogen) atoms. The summed E-state index contributed by atoms with van der Waals surface area (Å²) in [5, 5.41) is 3.56. The van der Waals surface area contributed by atoms with Crippen LogP contribution in [-0.2, 0) is 4.79 Å². The van der Waals surface area contributed by atoms with Crippen LogP contribution in [0.15, 0.2) is 53.4 Å². The van der Waals surface area contributed by atoms with Gasteiger partial charge >= 0.3 is 0 Å². The van der Waals surface area contributed by atoms with Crippen molar-refractivity contribution in [3.8, 4) is 0 Å². The molecule has 0 aliphatic rings. The Bertz CT molecular complexity index is 684. The first-order valence-electron chi connectivity index (χ1n) is 7.79. The van der Waals surface area contributed by atoms with Crippen LogP contribution < -0.4 is 5.32 Å². The zero-order chi connectivity index (χ0) is 17.4. The first kappa shape index (κ1) is 18.6. The molecule has 1 amide bonds. The van der Waals surface area contributed by atoms with Crippen LogP contribution in [0.1, 0.15) is 28.8 Å². The van der Waals surface area contributed by atoms with E-state index in [0.717, 1.165) is 16.2 Å². The quantitative estimate of drug-likeness (QED) is 0.427. The van der Waals surface area contributed by atoms with E-state index >= 15 is 0 Å². The molecule has 0 saturated carbocycles. The van der Waals surface area contributed by atoms with Crippen LogP contribution >= 0.6 is 23.4 Å². The number of aryl methyl sites for hydroxylation is 1. The molecule has 0 spiro atoms. The summed E-state index contributed by atoms with van der Waals surface area (Å²) in [6, 6.07) is 15.0. The second-order valence-corrected chi connectivity index (χ2v) is 7.05. The van der Waals surface area contributed by atoms with E-state index < -0.39 is 0 Å². The van der Waals surface area contributed by atoms with Gasteiger partial charge in [0, 0.05) is 40.6 Å². The van der Waals surface area contributed by atoms with Crippen molar-refractivity contribution in [1.82, 2.24) is 5.32 Å². The van der Waals surface area contributed by atoms with Gasteiger partial charge in [-0.25, -0.2) is 0 Å². The summed E-state index contributed by atoms with van der Waals surface area (Å²) < 4.78 is 0. The summed E-state index contributed by atoms with van der Waals surface area (Å²) in [6.45, 7) is 2.55. The number of Topliss-reactive ketones (excluding diaryl/α,β-unsaturated/α-hetero) is 1. The third kappa shape index (κ3) is 6.38. The fourth-order valence-electron chi connectivity index (χ4n) is 2.09. The van der Waals surface area contributed by atoms with Gasteiger partial charge in [0.1, 0.15) is 0 Å². The third-order valence-electron chi connectivity index (χ3n) is 3.46. The van der Waals surface area contributed by atoms with Crippen LogP contribution in [0.3, 0.4) is 0 Å². The Kier molecular flexibility index (Phi) is 7.35. The van der Waals surface area contributed by atoms with Gasteiger partial charge in [0.15, 0.2) is 5.78 Å². The van der Waals surface area contributed by atoms with Gasteiger partial charge < -0.3 is 5.32 Å². The smallest absolute Gasteiger partial charge is 0.220 e. The first-order chi connectivity index (χ1) is 11.5. The molecule has 0 bridgehead atoms. The minimum Gasteiger partial charge on any atom is -0.355 e. The predicted molar refractivity (Wildman–Crippen MR) is 99.9 cm³/mol. The van der Waals surface area contributed by atoms with Crippen molar-refractivity contribution in [3.05, 3.63) is 64.7 Å². The highest BCUT2D eigenvalue weighted by Gasteiger charge is 2.09. The molecule has 3 nitrogen and oxygen atoms in total. The zero-order valence-electron chi connectivity index (χ0n) is 13.5. The molecule has 5 heteroatoms. The topological polar surface area (TPSA) is 46.2 Å². The number of carbonyl (C=O) groups is 2. The molecule has 1 N–H and O–H groups in total. The second kappa shape index (κ2) is 9.50. The predicted octanol–water partition coefficient (Wildman–Crippen LogP) is 4.52. The Labute approximate surface area is 151 Å². The number of rotatable bonds is 8. The Morgan fingerprint density at radius 3 is 2.33 bits per heavy atom. The van der Waals surface area contributed by atoms with Gasteiger partial charge in [-0.2, -0.15) is 0 Å². The van der Waals surface area contributed by atoms with Crippen LogP contribution in [0.5, 0.6) is 0 Å². The molecular formula is C19H20ClNO2S. The van der Waals surface area contributed by atoms with Gasteiger partial charge in [-0.15, -0.1) is 11.8 Å². The maximum Gasteiger partial charge on any atom is 0.220 e. The van der Waals surface area contributed by atoms with Crippen molar-refractivity contribution in [3.63, 3.8) is 0 Å². The van der Waals surface area contributed by atoms with Gasteiger partial charge in [-0.3, -0.25) is 9.59 Å². The minimum atomic E-state index is -0.0906. The number of hydrogen-bond acceptors (Lipinski definition) is 3. The van der Waals surface area contributed by atoms with Crippen molar-refractivity contribution >= 4 is 35.1 Å². The average molecular weight is 362 g/mol. The maximum absolute atomic E-state index is 12.0. The molecule has 0 radical (unpaired) electrons. The SMILES string of the molecule is Cc1ccc(C(=O)CCC(=O)NCCSc2ccc(Cl)cc2)cc1. The largest absolute Gasteiger partial charge is 0.355 e. The molecule has 0 aliphatic carbocycles.